The van der Waals surface area contributed by atoms with Crippen molar-refractivity contribution in [2.24, 2.45) is 0 Å². The molecule has 1 saturated heterocycles. The van der Waals surface area contributed by atoms with Crippen LogP contribution < -0.4 is 0 Å². The summed E-state index contributed by atoms with van der Waals surface area (Å²) in [6, 6.07) is 12.0. The molecule has 0 spiro atoms. The Bertz CT molecular complexity index is 1340. The molecule has 4 rings (SSSR count). The van der Waals surface area contributed by atoms with Crippen LogP contribution in [0.4, 0.5) is 0 Å². The monoisotopic (exact) mass is 486 g/mol. The molecule has 7 nitrogen and oxygen atoms in total. The Kier molecular flexibility index (Phi) is 4.82. The zero-order chi connectivity index (χ0) is 21.8. The van der Waals surface area contributed by atoms with Gasteiger partial charge in [-0.3, -0.25) is 15.1 Å². The van der Waals surface area contributed by atoms with E-state index in [1.165, 1.54) is 27.0 Å². The summed E-state index contributed by atoms with van der Waals surface area (Å²) in [4.78, 5) is 15.4. The number of nitrogens with one attached hydrogen (secondary N) is 1. The average Bonchev–Trinajstić information content (AvgIpc) is 3.15. The van der Waals surface area contributed by atoms with Crippen molar-refractivity contribution in [2.75, 3.05) is 14.1 Å². The van der Waals surface area contributed by atoms with Gasteiger partial charge in [-0.25, -0.2) is 12.4 Å². The number of halogens is 1. The van der Waals surface area contributed by atoms with Gasteiger partial charge < -0.3 is 4.90 Å². The van der Waals surface area contributed by atoms with E-state index < -0.39 is 10.0 Å². The smallest absolute Gasteiger partial charge is 0.277 e. The third-order valence-corrected chi connectivity index (χ3v) is 7.34. The maximum atomic E-state index is 13.4. The molecule has 30 heavy (non-hydrogen) atoms. The summed E-state index contributed by atoms with van der Waals surface area (Å²) in [5.74, 6) is -0.257. The minimum Gasteiger partial charge on any atom is -0.311 e. The molecule has 0 aliphatic carbocycles. The number of hydrogen-bond donors (Lipinski definition) is 1. The number of rotatable bonds is 3. The number of hydrogen-bond acceptors (Lipinski definition) is 4. The maximum absolute atomic E-state index is 13.4. The number of fused-ring (bicyclic) bond motifs is 1. The van der Waals surface area contributed by atoms with E-state index in [4.69, 9.17) is 5.41 Å². The van der Waals surface area contributed by atoms with E-state index in [-0.39, 0.29) is 16.8 Å². The van der Waals surface area contributed by atoms with Crippen molar-refractivity contribution in [3.63, 3.8) is 0 Å². The van der Waals surface area contributed by atoms with Crippen LogP contribution in [0.5, 0.6) is 0 Å². The lowest BCUT2D eigenvalue weighted by molar-refractivity contribution is -0.121. The van der Waals surface area contributed by atoms with E-state index in [9.17, 15) is 13.2 Å². The molecule has 0 radical (unpaired) electrons. The molecule has 0 unspecified atom stereocenters. The molecule has 154 valence electrons. The summed E-state index contributed by atoms with van der Waals surface area (Å²) < 4.78 is 28.7. The maximum Gasteiger partial charge on any atom is 0.277 e. The minimum atomic E-state index is -3.85. The van der Waals surface area contributed by atoms with Crippen molar-refractivity contribution in [1.29, 1.82) is 5.41 Å². The van der Waals surface area contributed by atoms with Crippen LogP contribution in [0, 0.1) is 12.3 Å². The lowest BCUT2D eigenvalue weighted by atomic mass is 10.1. The van der Waals surface area contributed by atoms with Gasteiger partial charge in [-0.05, 0) is 37.3 Å². The fraction of sp³-hybridized carbons (Fsp3) is 0.143. The molecule has 2 aromatic carbocycles. The number of aryl methyl sites for hydroxylation is 1. The van der Waals surface area contributed by atoms with Crippen molar-refractivity contribution in [2.45, 2.75) is 11.8 Å². The van der Waals surface area contributed by atoms with Gasteiger partial charge in [-0.1, -0.05) is 39.7 Å². The molecule has 9 heteroatoms. The predicted molar refractivity (Wildman–Crippen MR) is 120 cm³/mol. The molecule has 1 aliphatic rings. The highest BCUT2D eigenvalue weighted by Gasteiger charge is 2.33. The van der Waals surface area contributed by atoms with Crippen molar-refractivity contribution in [1.82, 2.24) is 13.8 Å². The van der Waals surface area contributed by atoms with Crippen LogP contribution in [0.15, 0.2) is 63.7 Å². The van der Waals surface area contributed by atoms with Gasteiger partial charge in [0, 0.05) is 35.7 Å². The lowest BCUT2D eigenvalue weighted by Gasteiger charge is -2.10. The normalized spacial score (nSPS) is 16.3. The number of carbonyl (C=O) groups is 1. The summed E-state index contributed by atoms with van der Waals surface area (Å²) in [6.07, 6.45) is 3.14. The van der Waals surface area contributed by atoms with Crippen molar-refractivity contribution in [3.05, 3.63) is 70.0 Å². The van der Waals surface area contributed by atoms with Gasteiger partial charge in [-0.15, -0.1) is 0 Å². The van der Waals surface area contributed by atoms with Gasteiger partial charge in [0.25, 0.3) is 15.9 Å². The zero-order valence-electron chi connectivity index (χ0n) is 16.5. The van der Waals surface area contributed by atoms with E-state index in [1.807, 2.05) is 13.0 Å². The fourth-order valence-electron chi connectivity index (χ4n) is 3.39. The summed E-state index contributed by atoms with van der Waals surface area (Å²) in [5, 5.41) is 8.68. The Hall–Kier alpha value is -2.91. The first-order valence-corrected chi connectivity index (χ1v) is 11.3. The first kappa shape index (κ1) is 20.4. The van der Waals surface area contributed by atoms with Gasteiger partial charge in [0.15, 0.2) is 0 Å². The topological polar surface area (TPSA) is 86.5 Å². The van der Waals surface area contributed by atoms with Crippen LogP contribution >= 0.6 is 15.9 Å². The number of amides is 1. The van der Waals surface area contributed by atoms with Crippen molar-refractivity contribution in [3.8, 4) is 0 Å². The first-order chi connectivity index (χ1) is 14.1. The van der Waals surface area contributed by atoms with Crippen LogP contribution in [0.25, 0.3) is 17.0 Å². The molecule has 0 atom stereocenters. The van der Waals surface area contributed by atoms with E-state index in [0.717, 1.165) is 10.0 Å². The van der Waals surface area contributed by atoms with Crippen molar-refractivity contribution < 1.29 is 13.2 Å². The highest BCUT2D eigenvalue weighted by molar-refractivity contribution is 9.10. The van der Waals surface area contributed by atoms with Crippen LogP contribution in [-0.4, -0.2) is 48.2 Å². The highest BCUT2D eigenvalue weighted by Crippen LogP contribution is 2.31. The standard InChI is InChI=1S/C21H19BrN4O3S/c1-13-4-7-16(8-5-13)30(28,29)26-12-14(17-9-6-15(22)11-18(17)26)10-19-20(27)25(3)21(23)24(19)2/h4-12,23H,1-3H3/b19-10+,23-21?. The minimum absolute atomic E-state index is 0.0602. The molecular formula is C21H19BrN4O3S. The molecule has 1 aromatic heterocycles. The SMILES string of the molecule is Cc1ccc(S(=O)(=O)n2cc(/C=C3\C(=O)N(C)C(=N)N3C)c3ccc(Br)cc32)cc1. The first-order valence-electron chi connectivity index (χ1n) is 9.06. The van der Waals surface area contributed by atoms with Gasteiger partial charge >= 0.3 is 0 Å². The Balaban J connectivity index is 1.95. The number of benzene rings is 2. The molecule has 1 N–H and O–H groups in total. The molecule has 2 heterocycles. The molecule has 0 saturated carbocycles. The van der Waals surface area contributed by atoms with Crippen LogP contribution in [0.2, 0.25) is 0 Å². The quantitative estimate of drug-likeness (QED) is 0.572. The van der Waals surface area contributed by atoms with E-state index >= 15 is 0 Å². The fourth-order valence-corrected chi connectivity index (χ4v) is 5.11. The van der Waals surface area contributed by atoms with Crippen LogP contribution in [0.1, 0.15) is 11.1 Å². The van der Waals surface area contributed by atoms with E-state index in [1.54, 1.807) is 49.5 Å². The van der Waals surface area contributed by atoms with E-state index in [0.29, 0.717) is 22.2 Å². The number of nitrogens with zero attached hydrogens (tertiary/aromatic N) is 3. The lowest BCUT2D eigenvalue weighted by Crippen LogP contribution is -2.27. The Morgan fingerprint density at radius 2 is 1.70 bits per heavy atom. The summed E-state index contributed by atoms with van der Waals surface area (Å²) in [5.41, 5.74) is 2.34. The Morgan fingerprint density at radius 3 is 2.30 bits per heavy atom. The number of aromatic nitrogens is 1. The van der Waals surface area contributed by atoms with Crippen LogP contribution in [0.3, 0.4) is 0 Å². The third-order valence-electron chi connectivity index (χ3n) is 5.16. The summed E-state index contributed by atoms with van der Waals surface area (Å²) >= 11 is 3.41. The second-order valence-corrected chi connectivity index (χ2v) is 9.87. The third kappa shape index (κ3) is 3.14. The molecule has 1 aliphatic heterocycles. The molecule has 0 bridgehead atoms. The molecule has 1 fully saturated rings. The number of likely N-dealkylation sites (N-methyl/N-ethyl adjacent to an activating group) is 2. The number of guanidine groups is 1. The van der Waals surface area contributed by atoms with Crippen molar-refractivity contribution >= 4 is 54.8 Å². The second kappa shape index (κ2) is 7.10. The highest BCUT2D eigenvalue weighted by atomic mass is 79.9. The Morgan fingerprint density at radius 1 is 1.03 bits per heavy atom. The number of carbonyl (C=O) groups excluding carboxylic acids is 1. The van der Waals surface area contributed by atoms with Gasteiger partial charge in [0.2, 0.25) is 5.96 Å². The largest absolute Gasteiger partial charge is 0.311 e. The van der Waals surface area contributed by atoms with Crippen LogP contribution in [-0.2, 0) is 14.8 Å². The summed E-state index contributed by atoms with van der Waals surface area (Å²) in [6.45, 7) is 1.90. The second-order valence-electron chi connectivity index (χ2n) is 7.14. The molecular weight excluding hydrogens is 468 g/mol. The predicted octanol–water partition coefficient (Wildman–Crippen LogP) is 3.63. The molecule has 1 amide bonds. The average molecular weight is 487 g/mol. The van der Waals surface area contributed by atoms with Gasteiger partial charge in [0.1, 0.15) is 5.70 Å². The molecule has 3 aromatic rings. The summed E-state index contributed by atoms with van der Waals surface area (Å²) in [7, 11) is -0.680. The zero-order valence-corrected chi connectivity index (χ0v) is 19.0. The van der Waals surface area contributed by atoms with Gasteiger partial charge in [0.05, 0.1) is 10.4 Å². The Labute approximate surface area is 182 Å². The van der Waals surface area contributed by atoms with E-state index in [2.05, 4.69) is 15.9 Å². The van der Waals surface area contributed by atoms with Gasteiger partial charge in [-0.2, -0.15) is 0 Å².